The van der Waals surface area contributed by atoms with Gasteiger partial charge in [0.05, 0.1) is 5.02 Å². The van der Waals surface area contributed by atoms with Crippen LogP contribution < -0.4 is 0 Å². The molecule has 1 N–H and O–H groups in total. The van der Waals surface area contributed by atoms with Crippen LogP contribution in [0.25, 0.3) is 0 Å². The van der Waals surface area contributed by atoms with Gasteiger partial charge in [-0.2, -0.15) is 4.31 Å². The van der Waals surface area contributed by atoms with E-state index in [0.717, 1.165) is 4.31 Å². The summed E-state index contributed by atoms with van der Waals surface area (Å²) in [6.45, 7) is 1.61. The highest BCUT2D eigenvalue weighted by Crippen LogP contribution is 2.25. The molecule has 0 bridgehead atoms. The molecule has 1 rings (SSSR count). The maximum absolute atomic E-state index is 12.2. The second-order valence-electron chi connectivity index (χ2n) is 3.71. The van der Waals surface area contributed by atoms with Crippen molar-refractivity contribution in [3.8, 4) is 0 Å². The van der Waals surface area contributed by atoms with Crippen molar-refractivity contribution in [2.24, 2.45) is 0 Å². The van der Waals surface area contributed by atoms with Crippen molar-refractivity contribution in [3.05, 3.63) is 29.3 Å². The van der Waals surface area contributed by atoms with Crippen molar-refractivity contribution in [2.75, 3.05) is 7.05 Å². The molecule has 1 unspecified atom stereocenters. The van der Waals surface area contributed by atoms with Crippen LogP contribution in [0.5, 0.6) is 0 Å². The fourth-order valence-corrected chi connectivity index (χ4v) is 3.44. The molecule has 0 spiro atoms. The van der Waals surface area contributed by atoms with Crippen molar-refractivity contribution in [1.82, 2.24) is 4.31 Å². The Kier molecular flexibility index (Phi) is 4.72. The van der Waals surface area contributed by atoms with Gasteiger partial charge in [0.25, 0.3) is 0 Å². The van der Waals surface area contributed by atoms with Crippen LogP contribution >= 0.6 is 11.6 Å². The Balaban J connectivity index is 3.23. The minimum absolute atomic E-state index is 0.0737. The average molecular weight is 292 g/mol. The number of benzene rings is 1. The number of rotatable bonds is 5. The highest BCUT2D eigenvalue weighted by Gasteiger charge is 2.32. The van der Waals surface area contributed by atoms with E-state index >= 15 is 0 Å². The zero-order valence-corrected chi connectivity index (χ0v) is 11.6. The van der Waals surface area contributed by atoms with Crippen molar-refractivity contribution in [1.29, 1.82) is 0 Å². The minimum atomic E-state index is -3.91. The number of hydrogen-bond donors (Lipinski definition) is 1. The number of carboxylic acids is 1. The number of likely N-dealkylation sites (N-methyl/N-ethyl adjacent to an activating group) is 1. The fraction of sp³-hybridized carbons (Fsp3) is 0.364. The molecule has 1 atom stereocenters. The minimum Gasteiger partial charge on any atom is -0.480 e. The molecule has 18 heavy (non-hydrogen) atoms. The maximum Gasteiger partial charge on any atom is 0.321 e. The summed E-state index contributed by atoms with van der Waals surface area (Å²) in [6.07, 6.45) is 0.176. The third-order valence-electron chi connectivity index (χ3n) is 2.60. The highest BCUT2D eigenvalue weighted by atomic mass is 35.5. The second-order valence-corrected chi connectivity index (χ2v) is 6.09. The molecule has 5 nitrogen and oxygen atoms in total. The first-order valence-electron chi connectivity index (χ1n) is 5.27. The predicted molar refractivity (Wildman–Crippen MR) is 68.1 cm³/mol. The Morgan fingerprint density at radius 1 is 1.44 bits per heavy atom. The first kappa shape index (κ1) is 14.9. The summed E-state index contributed by atoms with van der Waals surface area (Å²) in [6, 6.07) is 4.84. The van der Waals surface area contributed by atoms with Crippen LogP contribution in [0.2, 0.25) is 5.02 Å². The van der Waals surface area contributed by atoms with Crippen LogP contribution in [0, 0.1) is 0 Å². The smallest absolute Gasteiger partial charge is 0.321 e. The molecule has 0 radical (unpaired) electrons. The van der Waals surface area contributed by atoms with Gasteiger partial charge in [0.1, 0.15) is 10.9 Å². The van der Waals surface area contributed by atoms with Crippen LogP contribution in [0.3, 0.4) is 0 Å². The zero-order chi connectivity index (χ0) is 13.9. The van der Waals surface area contributed by atoms with Crippen molar-refractivity contribution >= 4 is 27.6 Å². The van der Waals surface area contributed by atoms with Crippen molar-refractivity contribution < 1.29 is 18.3 Å². The molecule has 1 aromatic carbocycles. The van der Waals surface area contributed by atoms with Crippen LogP contribution in [-0.2, 0) is 14.8 Å². The summed E-state index contributed by atoms with van der Waals surface area (Å²) in [7, 11) is -2.67. The summed E-state index contributed by atoms with van der Waals surface area (Å²) in [4.78, 5) is 10.9. The molecule has 0 aliphatic heterocycles. The SMILES string of the molecule is CCC(C(=O)O)N(C)S(=O)(=O)c1ccccc1Cl. The van der Waals surface area contributed by atoms with Gasteiger partial charge in [-0.05, 0) is 18.6 Å². The monoisotopic (exact) mass is 291 g/mol. The zero-order valence-electron chi connectivity index (χ0n) is 10.00. The molecule has 1 aromatic rings. The van der Waals surface area contributed by atoms with Gasteiger partial charge in [0.2, 0.25) is 10.0 Å². The van der Waals surface area contributed by atoms with E-state index in [9.17, 15) is 13.2 Å². The first-order chi connectivity index (χ1) is 8.32. The molecule has 0 aliphatic carbocycles. The lowest BCUT2D eigenvalue weighted by atomic mass is 10.2. The topological polar surface area (TPSA) is 74.7 Å². The molecular formula is C11H14ClNO4S. The van der Waals surface area contributed by atoms with E-state index in [1.54, 1.807) is 13.0 Å². The molecule has 100 valence electrons. The van der Waals surface area contributed by atoms with Gasteiger partial charge in [-0.25, -0.2) is 8.42 Å². The fourth-order valence-electron chi connectivity index (χ4n) is 1.56. The summed E-state index contributed by atoms with van der Waals surface area (Å²) in [5.74, 6) is -1.18. The highest BCUT2D eigenvalue weighted by molar-refractivity contribution is 7.89. The standard InChI is InChI=1S/C11H14ClNO4S/c1-3-9(11(14)15)13(2)18(16,17)10-7-5-4-6-8(10)12/h4-7,9H,3H2,1-2H3,(H,14,15). The Morgan fingerprint density at radius 3 is 2.44 bits per heavy atom. The van der Waals surface area contributed by atoms with Gasteiger partial charge in [-0.1, -0.05) is 30.7 Å². The Hall–Kier alpha value is -1.11. The van der Waals surface area contributed by atoms with Crippen molar-refractivity contribution in [2.45, 2.75) is 24.3 Å². The Morgan fingerprint density at radius 2 is 2.00 bits per heavy atom. The third-order valence-corrected chi connectivity index (χ3v) is 4.97. The summed E-state index contributed by atoms with van der Waals surface area (Å²) < 4.78 is 25.3. The summed E-state index contributed by atoms with van der Waals surface area (Å²) in [5, 5.41) is 9.06. The number of sulfonamides is 1. The normalized spacial score (nSPS) is 13.6. The van der Waals surface area contributed by atoms with Gasteiger partial charge < -0.3 is 5.11 Å². The van der Waals surface area contributed by atoms with E-state index < -0.39 is 22.0 Å². The summed E-state index contributed by atoms with van der Waals surface area (Å²) in [5.41, 5.74) is 0. The van der Waals surface area contributed by atoms with E-state index in [4.69, 9.17) is 16.7 Å². The molecule has 0 saturated carbocycles. The largest absolute Gasteiger partial charge is 0.480 e. The lowest BCUT2D eigenvalue weighted by Gasteiger charge is -2.23. The predicted octanol–water partition coefficient (Wildman–Crippen LogP) is 1.82. The Labute approximate surface area is 111 Å². The Bertz CT molecular complexity index is 544. The second kappa shape index (κ2) is 5.69. The van der Waals surface area contributed by atoms with E-state index in [2.05, 4.69) is 0 Å². The van der Waals surface area contributed by atoms with Crippen LogP contribution in [0.4, 0.5) is 0 Å². The van der Waals surface area contributed by atoms with E-state index in [1.807, 2.05) is 0 Å². The average Bonchev–Trinajstić information content (AvgIpc) is 2.29. The molecule has 0 saturated heterocycles. The van der Waals surface area contributed by atoms with Crippen molar-refractivity contribution in [3.63, 3.8) is 0 Å². The number of carboxylic acid groups (broad SMARTS) is 1. The van der Waals surface area contributed by atoms with Crippen LogP contribution in [0.15, 0.2) is 29.2 Å². The number of hydrogen-bond acceptors (Lipinski definition) is 3. The molecule has 0 aromatic heterocycles. The molecule has 0 amide bonds. The van der Waals surface area contributed by atoms with Crippen LogP contribution in [-0.4, -0.2) is 36.9 Å². The van der Waals surface area contributed by atoms with Gasteiger partial charge >= 0.3 is 5.97 Å². The lowest BCUT2D eigenvalue weighted by molar-refractivity contribution is -0.141. The molecule has 0 aliphatic rings. The molecular weight excluding hydrogens is 278 g/mol. The van der Waals surface area contributed by atoms with Gasteiger partial charge in [0, 0.05) is 7.05 Å². The maximum atomic E-state index is 12.2. The molecule has 7 heteroatoms. The number of nitrogens with zero attached hydrogens (tertiary/aromatic N) is 1. The molecule has 0 heterocycles. The number of carbonyl (C=O) groups is 1. The van der Waals surface area contributed by atoms with Gasteiger partial charge in [-0.3, -0.25) is 4.79 Å². The third kappa shape index (κ3) is 2.82. The first-order valence-corrected chi connectivity index (χ1v) is 7.09. The number of aliphatic carboxylic acids is 1. The van der Waals surface area contributed by atoms with E-state index in [1.165, 1.54) is 25.2 Å². The van der Waals surface area contributed by atoms with Gasteiger partial charge in [-0.15, -0.1) is 0 Å². The number of halogens is 1. The van der Waals surface area contributed by atoms with E-state index in [-0.39, 0.29) is 16.3 Å². The molecule has 0 fully saturated rings. The van der Waals surface area contributed by atoms with Crippen LogP contribution in [0.1, 0.15) is 13.3 Å². The summed E-state index contributed by atoms with van der Waals surface area (Å²) >= 11 is 5.83. The quantitative estimate of drug-likeness (QED) is 0.898. The lowest BCUT2D eigenvalue weighted by Crippen LogP contribution is -2.41. The van der Waals surface area contributed by atoms with Gasteiger partial charge in [0.15, 0.2) is 0 Å². The van der Waals surface area contributed by atoms with E-state index in [0.29, 0.717) is 0 Å².